The predicted octanol–water partition coefficient (Wildman–Crippen LogP) is 1.38. The molecule has 0 aliphatic heterocycles. The minimum absolute atomic E-state index is 0.184. The van der Waals surface area contributed by atoms with Gasteiger partial charge < -0.3 is 14.5 Å². The molecule has 0 amide bonds. The van der Waals surface area contributed by atoms with Gasteiger partial charge in [0.15, 0.2) is 5.78 Å². The summed E-state index contributed by atoms with van der Waals surface area (Å²) in [6, 6.07) is 7.89. The summed E-state index contributed by atoms with van der Waals surface area (Å²) < 4.78 is 1.79. The Labute approximate surface area is 127 Å². The molecule has 2 aromatic rings. The Morgan fingerprint density at radius 1 is 1.36 bits per heavy atom. The lowest BCUT2D eigenvalue weighted by Crippen LogP contribution is -2.43. The number of hydrogen-bond acceptors (Lipinski definition) is 4. The van der Waals surface area contributed by atoms with Gasteiger partial charge in [0.1, 0.15) is 6.29 Å². The fraction of sp³-hybridized carbons (Fsp3) is 0.312. The van der Waals surface area contributed by atoms with Gasteiger partial charge in [-0.3, -0.25) is 14.9 Å². The van der Waals surface area contributed by atoms with Gasteiger partial charge in [0.05, 0.1) is 24.2 Å². The number of nitrogens with zero attached hydrogens (tertiary/aromatic N) is 1. The van der Waals surface area contributed by atoms with Crippen LogP contribution < -0.4 is 5.32 Å². The van der Waals surface area contributed by atoms with Crippen LogP contribution in [0.3, 0.4) is 0 Å². The number of carbonyl (C=O) groups is 3. The Balaban J connectivity index is 2.20. The first-order chi connectivity index (χ1) is 10.4. The first-order valence-corrected chi connectivity index (χ1v) is 6.96. The molecular weight excluding hydrogens is 284 g/mol. The van der Waals surface area contributed by atoms with E-state index in [0.29, 0.717) is 12.0 Å². The first-order valence-electron chi connectivity index (χ1n) is 6.96. The number of aryl methyl sites for hydroxylation is 1. The van der Waals surface area contributed by atoms with Crippen LogP contribution in [0.25, 0.3) is 10.9 Å². The number of carboxylic acid groups (broad SMARTS) is 1. The molecule has 2 rings (SSSR count). The Morgan fingerprint density at radius 3 is 2.64 bits per heavy atom. The maximum absolute atomic E-state index is 12.5. The number of aromatic nitrogens is 1. The summed E-state index contributed by atoms with van der Waals surface area (Å²) >= 11 is 0. The largest absolute Gasteiger partial charge is 0.481 e. The van der Waals surface area contributed by atoms with Crippen molar-refractivity contribution in [3.63, 3.8) is 0 Å². The normalized spacial score (nSPS) is 13.7. The number of aldehydes is 1. The highest BCUT2D eigenvalue weighted by molar-refractivity contribution is 6.03. The fourth-order valence-corrected chi connectivity index (χ4v) is 2.48. The molecule has 6 nitrogen and oxygen atoms in total. The molecule has 1 heterocycles. The zero-order chi connectivity index (χ0) is 16.3. The van der Waals surface area contributed by atoms with Crippen LogP contribution in [-0.2, 0) is 16.6 Å². The monoisotopic (exact) mass is 302 g/mol. The molecule has 0 saturated carbocycles. The summed E-state index contributed by atoms with van der Waals surface area (Å²) in [7, 11) is 1.80. The fourth-order valence-electron chi connectivity index (χ4n) is 2.48. The van der Waals surface area contributed by atoms with Crippen LogP contribution in [0.5, 0.6) is 0 Å². The number of benzene rings is 1. The van der Waals surface area contributed by atoms with Crippen LogP contribution in [0.4, 0.5) is 0 Å². The van der Waals surface area contributed by atoms with Crippen molar-refractivity contribution < 1.29 is 19.5 Å². The topological polar surface area (TPSA) is 88.4 Å². The predicted molar refractivity (Wildman–Crippen MR) is 82.0 cm³/mol. The molecule has 2 atom stereocenters. The molecule has 0 bridgehead atoms. The minimum atomic E-state index is -1.09. The van der Waals surface area contributed by atoms with Crippen molar-refractivity contribution in [3.8, 4) is 0 Å². The number of hydrogen-bond donors (Lipinski definition) is 2. The molecule has 1 unspecified atom stereocenters. The highest BCUT2D eigenvalue weighted by atomic mass is 16.4. The molecule has 116 valence electrons. The van der Waals surface area contributed by atoms with Gasteiger partial charge in [-0.25, -0.2) is 0 Å². The van der Waals surface area contributed by atoms with Gasteiger partial charge in [-0.1, -0.05) is 18.2 Å². The average molecular weight is 302 g/mol. The van der Waals surface area contributed by atoms with E-state index in [0.717, 1.165) is 10.9 Å². The van der Waals surface area contributed by atoms with Gasteiger partial charge in [-0.05, 0) is 19.1 Å². The van der Waals surface area contributed by atoms with Crippen molar-refractivity contribution in [2.75, 3.05) is 0 Å². The molecule has 1 aromatic heterocycles. The number of Topliss-reactive ketones (excluding diaryl/α,β-unsaturated/α-hetero) is 1. The number of ketones is 1. The Kier molecular flexibility index (Phi) is 4.72. The summed E-state index contributed by atoms with van der Waals surface area (Å²) in [5.41, 5.74) is 1.46. The number of nitrogens with one attached hydrogen (secondary N) is 1. The third kappa shape index (κ3) is 3.23. The molecule has 1 aromatic carbocycles. The molecule has 0 aliphatic rings. The van der Waals surface area contributed by atoms with E-state index in [4.69, 9.17) is 5.11 Å². The van der Waals surface area contributed by atoms with Crippen LogP contribution in [0.2, 0.25) is 0 Å². The van der Waals surface area contributed by atoms with E-state index in [9.17, 15) is 14.4 Å². The van der Waals surface area contributed by atoms with Crippen LogP contribution in [0, 0.1) is 0 Å². The molecule has 0 radical (unpaired) electrons. The summed E-state index contributed by atoms with van der Waals surface area (Å²) in [5.74, 6) is -1.27. The Morgan fingerprint density at radius 2 is 2.05 bits per heavy atom. The number of para-hydroxylation sites is 1. The summed E-state index contributed by atoms with van der Waals surface area (Å²) in [5, 5.41) is 12.4. The molecule has 6 heteroatoms. The van der Waals surface area contributed by atoms with E-state index in [2.05, 4.69) is 5.32 Å². The van der Waals surface area contributed by atoms with E-state index in [1.54, 1.807) is 24.6 Å². The van der Waals surface area contributed by atoms with E-state index >= 15 is 0 Å². The zero-order valence-electron chi connectivity index (χ0n) is 12.4. The number of aliphatic carboxylic acids is 1. The third-order valence-corrected chi connectivity index (χ3v) is 3.62. The number of carbonyl (C=O) groups excluding carboxylic acids is 2. The van der Waals surface area contributed by atoms with Crippen molar-refractivity contribution in [3.05, 3.63) is 36.0 Å². The first kappa shape index (κ1) is 15.9. The van der Waals surface area contributed by atoms with Crippen molar-refractivity contribution in [1.29, 1.82) is 0 Å². The summed E-state index contributed by atoms with van der Waals surface area (Å²) in [6.07, 6.45) is 0.162. The highest BCUT2D eigenvalue weighted by Crippen LogP contribution is 2.19. The van der Waals surface area contributed by atoms with E-state index in [1.165, 1.54) is 0 Å². The van der Waals surface area contributed by atoms with Gasteiger partial charge in [0, 0.05) is 18.0 Å². The maximum atomic E-state index is 12.5. The van der Waals surface area contributed by atoms with Crippen molar-refractivity contribution in [1.82, 2.24) is 9.88 Å². The Hall–Kier alpha value is -2.47. The zero-order valence-corrected chi connectivity index (χ0v) is 12.4. The van der Waals surface area contributed by atoms with Crippen molar-refractivity contribution in [2.45, 2.75) is 25.4 Å². The smallest absolute Gasteiger partial charge is 0.305 e. The van der Waals surface area contributed by atoms with Crippen LogP contribution >= 0.6 is 0 Å². The van der Waals surface area contributed by atoms with Gasteiger partial charge in [-0.2, -0.15) is 0 Å². The van der Waals surface area contributed by atoms with Gasteiger partial charge in [0.25, 0.3) is 0 Å². The Bertz CT molecular complexity index is 720. The lowest BCUT2D eigenvalue weighted by atomic mass is 10.1. The van der Waals surface area contributed by atoms with Crippen molar-refractivity contribution >= 4 is 28.9 Å². The SMILES string of the molecule is CC(N[C@H](C=O)CC(=O)O)C(=O)c1cc2ccccc2n1C. The van der Waals surface area contributed by atoms with Gasteiger partial charge >= 0.3 is 5.97 Å². The second kappa shape index (κ2) is 6.53. The van der Waals surface area contributed by atoms with Gasteiger partial charge in [-0.15, -0.1) is 0 Å². The van der Waals surface area contributed by atoms with Gasteiger partial charge in [0.2, 0.25) is 0 Å². The standard InChI is InChI=1S/C16H18N2O4/c1-10(17-12(9-19)8-15(20)21)16(22)14-7-11-5-3-4-6-13(11)18(14)2/h3-7,9-10,12,17H,8H2,1-2H3,(H,20,21)/t10?,12-/m0/s1. The number of rotatable bonds is 7. The average Bonchev–Trinajstić information content (AvgIpc) is 2.82. The molecule has 0 fully saturated rings. The van der Waals surface area contributed by atoms with Crippen LogP contribution in [0.1, 0.15) is 23.8 Å². The molecular formula is C16H18N2O4. The maximum Gasteiger partial charge on any atom is 0.305 e. The second-order valence-corrected chi connectivity index (χ2v) is 5.24. The molecule has 22 heavy (non-hydrogen) atoms. The summed E-state index contributed by atoms with van der Waals surface area (Å²) in [4.78, 5) is 34.1. The van der Waals surface area contributed by atoms with E-state index < -0.39 is 18.1 Å². The molecule has 2 N–H and O–H groups in total. The quantitative estimate of drug-likeness (QED) is 0.596. The minimum Gasteiger partial charge on any atom is -0.481 e. The second-order valence-electron chi connectivity index (χ2n) is 5.24. The molecule has 0 saturated heterocycles. The van der Waals surface area contributed by atoms with E-state index in [-0.39, 0.29) is 12.2 Å². The molecule has 0 aliphatic carbocycles. The third-order valence-electron chi connectivity index (χ3n) is 3.62. The van der Waals surface area contributed by atoms with E-state index in [1.807, 2.05) is 24.3 Å². The molecule has 0 spiro atoms. The lowest BCUT2D eigenvalue weighted by Gasteiger charge is -2.17. The number of carboxylic acids is 1. The van der Waals surface area contributed by atoms with Crippen molar-refractivity contribution in [2.24, 2.45) is 7.05 Å². The highest BCUT2D eigenvalue weighted by Gasteiger charge is 2.23. The lowest BCUT2D eigenvalue weighted by molar-refractivity contribution is -0.138. The number of fused-ring (bicyclic) bond motifs is 1. The van der Waals surface area contributed by atoms with Crippen LogP contribution in [0.15, 0.2) is 30.3 Å². The summed E-state index contributed by atoms with van der Waals surface area (Å²) in [6.45, 7) is 1.62. The van der Waals surface area contributed by atoms with Crippen LogP contribution in [-0.4, -0.2) is 39.8 Å².